The van der Waals surface area contributed by atoms with Crippen molar-refractivity contribution in [2.75, 3.05) is 39.5 Å². The third kappa shape index (κ3) is 4.05. The van der Waals surface area contributed by atoms with Gasteiger partial charge in [0.15, 0.2) is 0 Å². The molecule has 7 atom stereocenters. The molecule has 0 aromatic heterocycles. The van der Waals surface area contributed by atoms with E-state index in [1.807, 2.05) is 0 Å². The van der Waals surface area contributed by atoms with E-state index in [0.29, 0.717) is 38.2 Å². The zero-order valence-electron chi connectivity index (χ0n) is 18.2. The summed E-state index contributed by atoms with van der Waals surface area (Å²) in [5.74, 6) is 0.350. The molecule has 4 heterocycles. The standard InChI is InChI=1S/C23H38F2N2O3/c1-15-12-23(14-28-8-6-26-23)21-13-30-18-4-2-16(3-5-18)19-10-17(24)11-20(25)22(19)29-9-7-27(15)21/h15-22,26H,2-14H2,1H3/t15-,16?,17?,18?,19?,20?,21-,22?,23+/m1/s1. The van der Waals surface area contributed by atoms with Gasteiger partial charge in [0.1, 0.15) is 12.3 Å². The van der Waals surface area contributed by atoms with Crippen LogP contribution in [0.1, 0.15) is 51.9 Å². The number of hydrogen-bond donors (Lipinski definition) is 1. The summed E-state index contributed by atoms with van der Waals surface area (Å²) in [7, 11) is 0. The molecule has 5 nitrogen and oxygen atoms in total. The maximum absolute atomic E-state index is 14.9. The van der Waals surface area contributed by atoms with Crippen LogP contribution in [0.25, 0.3) is 0 Å². The molecule has 2 aliphatic carbocycles. The molecule has 172 valence electrons. The first kappa shape index (κ1) is 21.5. The number of morpholine rings is 1. The molecule has 1 N–H and O–H groups in total. The highest BCUT2D eigenvalue weighted by molar-refractivity contribution is 5.10. The van der Waals surface area contributed by atoms with Crippen LogP contribution in [0, 0.1) is 11.8 Å². The molecule has 4 unspecified atom stereocenters. The summed E-state index contributed by atoms with van der Waals surface area (Å²) in [5.41, 5.74) is -0.0769. The normalized spacial score (nSPS) is 50.9. The van der Waals surface area contributed by atoms with E-state index in [1.165, 1.54) is 0 Å². The summed E-state index contributed by atoms with van der Waals surface area (Å²) in [5, 5.41) is 3.76. The monoisotopic (exact) mass is 428 g/mol. The van der Waals surface area contributed by atoms with Crippen molar-refractivity contribution in [1.29, 1.82) is 0 Å². The van der Waals surface area contributed by atoms with Crippen molar-refractivity contribution in [3.63, 3.8) is 0 Å². The lowest BCUT2D eigenvalue weighted by molar-refractivity contribution is -0.101. The lowest BCUT2D eigenvalue weighted by Gasteiger charge is -2.42. The fraction of sp³-hybridized carbons (Fsp3) is 1.00. The molecule has 0 aromatic carbocycles. The number of rotatable bonds is 0. The average molecular weight is 429 g/mol. The smallest absolute Gasteiger partial charge is 0.129 e. The first-order valence-corrected chi connectivity index (χ1v) is 12.2. The van der Waals surface area contributed by atoms with Crippen LogP contribution in [0.3, 0.4) is 0 Å². The summed E-state index contributed by atoms with van der Waals surface area (Å²) in [4.78, 5) is 2.48. The van der Waals surface area contributed by atoms with Crippen LogP contribution in [-0.4, -0.2) is 86.6 Å². The lowest BCUT2D eigenvalue weighted by Crippen LogP contribution is -2.63. The van der Waals surface area contributed by atoms with Gasteiger partial charge in [-0.15, -0.1) is 0 Å². The van der Waals surface area contributed by atoms with E-state index in [9.17, 15) is 8.78 Å². The highest BCUT2D eigenvalue weighted by Gasteiger charge is 2.52. The van der Waals surface area contributed by atoms with Crippen molar-refractivity contribution in [1.82, 2.24) is 10.2 Å². The highest BCUT2D eigenvalue weighted by Crippen LogP contribution is 2.43. The maximum Gasteiger partial charge on any atom is 0.129 e. The first-order chi connectivity index (χ1) is 14.6. The van der Waals surface area contributed by atoms with E-state index in [-0.39, 0.29) is 30.0 Å². The van der Waals surface area contributed by atoms with Crippen molar-refractivity contribution in [2.45, 2.75) is 94.0 Å². The Hall–Kier alpha value is -0.340. The molecule has 0 radical (unpaired) electrons. The number of halogens is 2. The zero-order valence-corrected chi connectivity index (χ0v) is 18.2. The number of ether oxygens (including phenoxy) is 3. The Labute approximate surface area is 179 Å². The second-order valence-electron chi connectivity index (χ2n) is 10.4. The Bertz CT molecular complexity index is 583. The molecule has 6 aliphatic rings. The minimum atomic E-state index is -1.19. The van der Waals surface area contributed by atoms with Gasteiger partial charge in [0.05, 0.1) is 50.2 Å². The topological polar surface area (TPSA) is 43.0 Å². The number of nitrogens with one attached hydrogen (secondary N) is 1. The van der Waals surface area contributed by atoms with Gasteiger partial charge in [0.25, 0.3) is 0 Å². The summed E-state index contributed by atoms with van der Waals surface area (Å²) < 4.78 is 47.7. The van der Waals surface area contributed by atoms with Crippen LogP contribution >= 0.6 is 0 Å². The third-order valence-corrected chi connectivity index (χ3v) is 8.61. The van der Waals surface area contributed by atoms with Gasteiger partial charge < -0.3 is 19.5 Å². The van der Waals surface area contributed by atoms with Gasteiger partial charge in [-0.25, -0.2) is 8.78 Å². The van der Waals surface area contributed by atoms with Crippen molar-refractivity contribution in [2.24, 2.45) is 11.8 Å². The Morgan fingerprint density at radius 1 is 1.03 bits per heavy atom. The van der Waals surface area contributed by atoms with Crippen LogP contribution < -0.4 is 5.32 Å². The van der Waals surface area contributed by atoms with Gasteiger partial charge in [0, 0.05) is 25.6 Å². The van der Waals surface area contributed by atoms with Crippen molar-refractivity contribution >= 4 is 0 Å². The van der Waals surface area contributed by atoms with Crippen LogP contribution in [0.5, 0.6) is 0 Å². The molecular weight excluding hydrogens is 390 g/mol. The SMILES string of the molecule is C[C@@H]1C[C@]2(COCCN2)[C@H]2COC3CCC(CC3)C3CC(F)CC(F)C3OCCN12. The minimum absolute atomic E-state index is 0.00277. The van der Waals surface area contributed by atoms with E-state index < -0.39 is 18.4 Å². The van der Waals surface area contributed by atoms with E-state index in [1.54, 1.807) is 0 Å². The predicted molar refractivity (Wildman–Crippen MR) is 110 cm³/mol. The summed E-state index contributed by atoms with van der Waals surface area (Å²) in [6.07, 6.45) is 3.00. The average Bonchev–Trinajstić information content (AvgIpc) is 2.99. The van der Waals surface area contributed by atoms with Gasteiger partial charge >= 0.3 is 0 Å². The van der Waals surface area contributed by atoms with Crippen LogP contribution in [0.4, 0.5) is 8.78 Å². The van der Waals surface area contributed by atoms with Crippen molar-refractivity contribution in [3.8, 4) is 0 Å². The molecule has 7 heteroatoms. The van der Waals surface area contributed by atoms with Gasteiger partial charge in [0.2, 0.25) is 0 Å². The zero-order chi connectivity index (χ0) is 20.7. The molecule has 1 spiro atoms. The predicted octanol–water partition coefficient (Wildman–Crippen LogP) is 2.87. The number of hydrogen-bond acceptors (Lipinski definition) is 5. The Balaban J connectivity index is 1.37. The Morgan fingerprint density at radius 3 is 2.63 bits per heavy atom. The molecule has 2 saturated carbocycles. The minimum Gasteiger partial charge on any atom is -0.378 e. The first-order valence-electron chi connectivity index (χ1n) is 12.2. The summed E-state index contributed by atoms with van der Waals surface area (Å²) in [6.45, 7) is 6.54. The second kappa shape index (κ2) is 8.89. The van der Waals surface area contributed by atoms with Crippen molar-refractivity contribution < 1.29 is 23.0 Å². The molecule has 0 aromatic rings. The van der Waals surface area contributed by atoms with E-state index in [2.05, 4.69) is 17.1 Å². The van der Waals surface area contributed by atoms with Gasteiger partial charge in [-0.05, 0) is 57.3 Å². The Kier molecular flexibility index (Phi) is 6.37. The lowest BCUT2D eigenvalue weighted by atomic mass is 9.70. The quantitative estimate of drug-likeness (QED) is 0.643. The summed E-state index contributed by atoms with van der Waals surface area (Å²) >= 11 is 0. The number of fused-ring (bicyclic) bond motifs is 5. The molecule has 6 rings (SSSR count). The van der Waals surface area contributed by atoms with E-state index >= 15 is 0 Å². The van der Waals surface area contributed by atoms with Gasteiger partial charge in [-0.2, -0.15) is 0 Å². The molecule has 4 saturated heterocycles. The maximum atomic E-state index is 14.9. The molecule has 4 aliphatic heterocycles. The van der Waals surface area contributed by atoms with Crippen LogP contribution in [0.15, 0.2) is 0 Å². The second-order valence-corrected chi connectivity index (χ2v) is 10.4. The Morgan fingerprint density at radius 2 is 1.87 bits per heavy atom. The highest BCUT2D eigenvalue weighted by atomic mass is 19.1. The van der Waals surface area contributed by atoms with Crippen molar-refractivity contribution in [3.05, 3.63) is 0 Å². The fourth-order valence-electron chi connectivity index (χ4n) is 7.12. The van der Waals surface area contributed by atoms with Gasteiger partial charge in [-0.3, -0.25) is 4.90 Å². The molecule has 30 heavy (non-hydrogen) atoms. The van der Waals surface area contributed by atoms with Crippen LogP contribution in [0.2, 0.25) is 0 Å². The van der Waals surface area contributed by atoms with Gasteiger partial charge in [-0.1, -0.05) is 0 Å². The summed E-state index contributed by atoms with van der Waals surface area (Å²) in [6, 6.07) is 0.616. The number of nitrogens with zero attached hydrogens (tertiary/aromatic N) is 1. The molecule has 6 fully saturated rings. The van der Waals surface area contributed by atoms with E-state index in [4.69, 9.17) is 14.2 Å². The van der Waals surface area contributed by atoms with Crippen LogP contribution in [-0.2, 0) is 14.2 Å². The third-order valence-electron chi connectivity index (χ3n) is 8.61. The molecule has 0 amide bonds. The van der Waals surface area contributed by atoms with E-state index in [0.717, 1.165) is 51.8 Å². The molecule has 2 bridgehead atoms. The fourth-order valence-corrected chi connectivity index (χ4v) is 7.12. The number of alkyl halides is 2. The largest absolute Gasteiger partial charge is 0.378 e. The molecular formula is C23H38F2N2O3.